The molecule has 0 amide bonds. The maximum absolute atomic E-state index is 12.8. The van der Waals surface area contributed by atoms with E-state index >= 15 is 0 Å². The summed E-state index contributed by atoms with van der Waals surface area (Å²) in [7, 11) is 1.23. The molecule has 0 bridgehead atoms. The fraction of sp³-hybridized carbons (Fsp3) is 0.0345. The lowest BCUT2D eigenvalue weighted by atomic mass is 9.95. The largest absolute Gasteiger partial charge is 0.507 e. The molecule has 86 heavy (non-hydrogen) atoms. The van der Waals surface area contributed by atoms with Gasteiger partial charge in [-0.1, -0.05) is 72.8 Å². The van der Waals surface area contributed by atoms with Crippen molar-refractivity contribution in [3.63, 3.8) is 0 Å². The van der Waals surface area contributed by atoms with E-state index in [0.29, 0.717) is 6.07 Å². The molecule has 0 atom stereocenters. The van der Waals surface area contributed by atoms with E-state index in [1.807, 2.05) is 0 Å². The molecule has 8 aromatic rings. The van der Waals surface area contributed by atoms with Crippen LogP contribution in [0.4, 0.5) is 24.5 Å². The smallest absolute Gasteiger partial charge is 0.423 e. The zero-order chi connectivity index (χ0) is 64.2. The molecule has 442 valence electrons. The number of aromatic carboxylic acids is 4. The number of phenols is 8. The lowest BCUT2D eigenvalue weighted by molar-refractivity contribution is -0.386. The van der Waals surface area contributed by atoms with Gasteiger partial charge in [0.15, 0.2) is 46.1 Å². The Morgan fingerprint density at radius 2 is 0.674 bits per heavy atom. The number of carboxylic acids is 4. The van der Waals surface area contributed by atoms with Gasteiger partial charge in [-0.15, -0.1) is 0 Å². The summed E-state index contributed by atoms with van der Waals surface area (Å²) < 4.78 is 43.3. The van der Waals surface area contributed by atoms with Gasteiger partial charge in [0.25, 0.3) is 0 Å². The number of carboxylic acid groups (broad SMARTS) is 4. The number of nitrogens with zero attached hydrogens (tertiary/aromatic N) is 1. The first-order valence-electron chi connectivity index (χ1n) is 23.6. The summed E-state index contributed by atoms with van der Waals surface area (Å²) in [5, 5.41) is 124. The summed E-state index contributed by atoms with van der Waals surface area (Å²) in [4.78, 5) is 104. The van der Waals surface area contributed by atoms with Gasteiger partial charge in [0.2, 0.25) is 11.5 Å². The summed E-state index contributed by atoms with van der Waals surface area (Å²) in [6, 6.07) is 29.5. The predicted octanol–water partition coefficient (Wildman–Crippen LogP) is 8.63. The molecule has 28 heteroatoms. The first-order chi connectivity index (χ1) is 40.4. The quantitative estimate of drug-likeness (QED) is 0.0159. The topological polar surface area (TPSA) is 458 Å². The molecule has 0 spiro atoms. The maximum atomic E-state index is 12.8. The van der Waals surface area contributed by atoms with Crippen LogP contribution in [0, 0.1) is 10.1 Å². The molecule has 0 aliphatic rings. The Kier molecular flexibility index (Phi) is 20.1. The van der Waals surface area contributed by atoms with E-state index in [0.717, 1.165) is 36.4 Å². The Hall–Kier alpha value is -12.5. The molecule has 0 unspecified atom stereocenters. The number of methoxy groups -OCH3 is 1. The Morgan fingerprint density at radius 1 is 0.395 bits per heavy atom. The molecule has 25 nitrogen and oxygen atoms in total. The molecule has 0 aliphatic heterocycles. The summed E-state index contributed by atoms with van der Waals surface area (Å²) in [5.41, 5.74) is -1.04. The molecule has 0 saturated carbocycles. The van der Waals surface area contributed by atoms with Crippen molar-refractivity contribution >= 4 is 58.4 Å². The van der Waals surface area contributed by atoms with Crippen LogP contribution in [0.5, 0.6) is 51.7 Å². The molecule has 14 N–H and O–H groups in total. The van der Waals surface area contributed by atoms with E-state index in [4.69, 9.17) is 30.9 Å². The number of anilines is 1. The summed E-state index contributed by atoms with van der Waals surface area (Å²) in [5.74, 6) is -15.2. The average Bonchev–Trinajstić information content (AvgIpc) is 1.36. The number of hydrogen-bond acceptors (Lipinski definition) is 20. The number of carbonyl (C=O) groups excluding carboxylic acids is 4. The number of carbonyl (C=O) groups is 8. The van der Waals surface area contributed by atoms with Crippen molar-refractivity contribution in [1.82, 2.24) is 0 Å². The van der Waals surface area contributed by atoms with E-state index in [1.54, 1.807) is 0 Å². The summed E-state index contributed by atoms with van der Waals surface area (Å²) in [6.07, 6.45) is -5.09. The van der Waals surface area contributed by atoms with Crippen LogP contribution < -0.4 is 10.5 Å². The third kappa shape index (κ3) is 14.0. The minimum atomic E-state index is -5.09. The van der Waals surface area contributed by atoms with Gasteiger partial charge in [-0.05, 0) is 72.8 Å². The van der Waals surface area contributed by atoms with E-state index in [9.17, 15) is 102 Å². The molecule has 0 aliphatic carbocycles. The average molecular weight is 1190 g/mol. The first kappa shape index (κ1) is 64.3. The van der Waals surface area contributed by atoms with Crippen molar-refractivity contribution in [1.29, 1.82) is 0 Å². The van der Waals surface area contributed by atoms with Gasteiger partial charge >= 0.3 is 35.7 Å². The van der Waals surface area contributed by atoms with Gasteiger partial charge in [0.1, 0.15) is 28.5 Å². The van der Waals surface area contributed by atoms with Crippen molar-refractivity contribution < 1.29 is 122 Å². The standard InChI is InChI=1S/C15H9F3O5.C15H12O6.C14H9NO7.C14H11NO5/c16-15(17,18)11-10(19)6-5-9(13(11)21)12(20)7-3-1-2-4-8(7)14(22)23;1-21-14-11(16)7-6-10(13(14)18)12(17)8-4-2-3-5-9(8)15(19)20;16-10-6-5-9(13(18)11(10)15(21)22)12(17)7-3-1-2-4-8(7)14(19)20;15-11-10(16)6-5-9(13(11)18)12(17)7-3-1-2-4-8(7)14(19)20/h1-6,19,21H,(H,22,23);2-7,16,18H,1H3,(H,19,20);1-6,16,18H,(H,19,20);1-6,16,18H,15H2,(H,19,20). The third-order valence-corrected chi connectivity index (χ3v) is 11.8. The fourth-order valence-corrected chi connectivity index (χ4v) is 7.75. The molecular weight excluding hydrogens is 1150 g/mol. The number of ketones is 4. The lowest BCUT2D eigenvalue weighted by Crippen LogP contribution is -2.12. The van der Waals surface area contributed by atoms with Gasteiger partial charge < -0.3 is 71.7 Å². The minimum absolute atomic E-state index is 0.0620. The highest BCUT2D eigenvalue weighted by molar-refractivity contribution is 6.18. The molecule has 0 aromatic heterocycles. The molecule has 0 radical (unpaired) electrons. The number of halogens is 3. The van der Waals surface area contributed by atoms with Crippen molar-refractivity contribution in [2.24, 2.45) is 0 Å². The third-order valence-electron chi connectivity index (χ3n) is 11.8. The normalized spacial score (nSPS) is 10.5. The van der Waals surface area contributed by atoms with Crippen LogP contribution in [-0.4, -0.2) is 120 Å². The van der Waals surface area contributed by atoms with Crippen LogP contribution in [0.1, 0.15) is 111 Å². The van der Waals surface area contributed by atoms with Crippen LogP contribution >= 0.6 is 0 Å². The van der Waals surface area contributed by atoms with Gasteiger partial charge in [-0.3, -0.25) is 29.3 Å². The van der Waals surface area contributed by atoms with Crippen molar-refractivity contribution in [3.8, 4) is 51.7 Å². The zero-order valence-electron chi connectivity index (χ0n) is 43.4. The molecular formula is C58H41F3N2O23. The number of benzene rings is 8. The summed E-state index contributed by atoms with van der Waals surface area (Å²) in [6.45, 7) is 0. The Morgan fingerprint density at radius 3 is 0.988 bits per heavy atom. The van der Waals surface area contributed by atoms with Crippen LogP contribution in [0.3, 0.4) is 0 Å². The van der Waals surface area contributed by atoms with Gasteiger partial charge in [0.05, 0.1) is 56.5 Å². The zero-order valence-corrected chi connectivity index (χ0v) is 43.4. The van der Waals surface area contributed by atoms with Gasteiger partial charge in [-0.25, -0.2) is 19.2 Å². The van der Waals surface area contributed by atoms with Gasteiger partial charge in [0, 0.05) is 22.3 Å². The van der Waals surface area contributed by atoms with Crippen LogP contribution in [-0.2, 0) is 6.18 Å². The van der Waals surface area contributed by atoms with E-state index in [2.05, 4.69) is 0 Å². The SMILES string of the molecule is COc1c(O)ccc(C(=O)c2ccccc2C(=O)O)c1O.Nc1c(O)ccc(C(=O)c2ccccc2C(=O)O)c1O.O=C(O)c1ccccc1C(=O)c1ccc(O)c(C(F)(F)F)c1O.O=C(O)c1ccccc1C(=O)c1ccc(O)c([N+](=O)[O-])c1O. The van der Waals surface area contributed by atoms with Crippen LogP contribution in [0.15, 0.2) is 146 Å². The number of nitro groups is 1. The minimum Gasteiger partial charge on any atom is -0.507 e. The highest BCUT2D eigenvalue weighted by Gasteiger charge is 2.39. The predicted molar refractivity (Wildman–Crippen MR) is 289 cm³/mol. The fourth-order valence-electron chi connectivity index (χ4n) is 7.75. The number of hydrogen-bond donors (Lipinski definition) is 13. The molecule has 0 fully saturated rings. The number of nitro benzene ring substituents is 1. The van der Waals surface area contributed by atoms with Crippen molar-refractivity contribution in [2.75, 3.05) is 12.8 Å². The summed E-state index contributed by atoms with van der Waals surface area (Å²) >= 11 is 0. The Balaban J connectivity index is 0.000000210. The highest BCUT2D eigenvalue weighted by atomic mass is 19.4. The number of rotatable bonds is 14. The van der Waals surface area contributed by atoms with Crippen molar-refractivity contribution in [2.45, 2.75) is 6.18 Å². The number of aromatic hydroxyl groups is 8. The molecule has 8 aromatic carbocycles. The lowest BCUT2D eigenvalue weighted by Gasteiger charge is -2.14. The second-order valence-corrected chi connectivity index (χ2v) is 17.1. The second-order valence-electron chi connectivity index (χ2n) is 17.1. The monoisotopic (exact) mass is 1190 g/mol. The first-order valence-corrected chi connectivity index (χ1v) is 23.6. The van der Waals surface area contributed by atoms with E-state index < -0.39 is 121 Å². The van der Waals surface area contributed by atoms with Crippen LogP contribution in [0.2, 0.25) is 0 Å². The Labute approximate surface area is 478 Å². The maximum Gasteiger partial charge on any atom is 0.423 e. The van der Waals surface area contributed by atoms with Crippen molar-refractivity contribution in [3.05, 3.63) is 228 Å². The number of alkyl halides is 3. The molecule has 0 saturated heterocycles. The van der Waals surface area contributed by atoms with E-state index in [1.165, 1.54) is 110 Å². The molecule has 8 rings (SSSR count). The number of ether oxygens (including phenoxy) is 1. The number of nitrogens with two attached hydrogens (primary N) is 1. The highest BCUT2D eigenvalue weighted by Crippen LogP contribution is 2.44. The molecule has 0 heterocycles. The van der Waals surface area contributed by atoms with Crippen LogP contribution in [0.25, 0.3) is 0 Å². The second kappa shape index (κ2) is 26.9. The number of nitrogen functional groups attached to an aromatic ring is 1. The van der Waals surface area contributed by atoms with E-state index in [-0.39, 0.29) is 73.0 Å². The van der Waals surface area contributed by atoms with Gasteiger partial charge in [-0.2, -0.15) is 13.2 Å². The Bertz CT molecular complexity index is 4070. The number of phenolic OH excluding ortho intramolecular Hbond substituents is 8.